The molecule has 0 fully saturated rings. The molecule has 0 unspecified atom stereocenters. The number of hydrogen-bond acceptors (Lipinski definition) is 4. The number of unbranched alkanes of at least 4 members (excludes halogenated alkanes) is 1. The second-order valence-corrected chi connectivity index (χ2v) is 5.70. The van der Waals surface area contributed by atoms with Crippen molar-refractivity contribution in [2.45, 2.75) is 25.7 Å². The van der Waals surface area contributed by atoms with Crippen LogP contribution in [0.1, 0.15) is 25.7 Å². The van der Waals surface area contributed by atoms with Crippen LogP contribution in [0.3, 0.4) is 0 Å². The molecule has 2 heterocycles. The second-order valence-electron chi connectivity index (χ2n) is 4.99. The van der Waals surface area contributed by atoms with Gasteiger partial charge >= 0.3 is 0 Å². The van der Waals surface area contributed by atoms with Crippen molar-refractivity contribution in [3.05, 3.63) is 47.0 Å². The highest BCUT2D eigenvalue weighted by Gasteiger charge is 2.08. The number of carbonyl (C=O) groups excluding carboxylic acids is 2. The van der Waals surface area contributed by atoms with E-state index in [0.717, 1.165) is 0 Å². The van der Waals surface area contributed by atoms with Crippen molar-refractivity contribution in [2.75, 3.05) is 10.6 Å². The highest BCUT2D eigenvalue weighted by atomic mass is 35.5. The molecule has 0 aliphatic heterocycles. The molecule has 126 valence electrons. The molecule has 8 heteroatoms. The van der Waals surface area contributed by atoms with Crippen LogP contribution in [0.25, 0.3) is 0 Å². The van der Waals surface area contributed by atoms with Gasteiger partial charge in [0.25, 0.3) is 0 Å². The van der Waals surface area contributed by atoms with Gasteiger partial charge in [-0.1, -0.05) is 23.2 Å². The third-order valence-corrected chi connectivity index (χ3v) is 3.73. The molecule has 2 N–H and O–H groups in total. The number of amides is 2. The number of aromatic nitrogens is 2. The van der Waals surface area contributed by atoms with Crippen molar-refractivity contribution in [2.24, 2.45) is 0 Å². The topological polar surface area (TPSA) is 84.0 Å². The number of hydrogen-bond donors (Lipinski definition) is 2. The Kier molecular flexibility index (Phi) is 6.96. The first-order valence-corrected chi connectivity index (χ1v) is 8.12. The van der Waals surface area contributed by atoms with Crippen LogP contribution in [0.2, 0.25) is 10.3 Å². The zero-order chi connectivity index (χ0) is 17.4. The van der Waals surface area contributed by atoms with Gasteiger partial charge < -0.3 is 10.6 Å². The van der Waals surface area contributed by atoms with Crippen molar-refractivity contribution < 1.29 is 9.59 Å². The van der Waals surface area contributed by atoms with E-state index in [9.17, 15) is 9.59 Å². The van der Waals surface area contributed by atoms with E-state index in [1.54, 1.807) is 36.7 Å². The third-order valence-electron chi connectivity index (χ3n) is 3.12. The average molecular weight is 367 g/mol. The lowest BCUT2D eigenvalue weighted by Gasteiger charge is -2.07. The largest absolute Gasteiger partial charge is 0.323 e. The van der Waals surface area contributed by atoms with Crippen molar-refractivity contribution in [3.63, 3.8) is 0 Å². The molecule has 2 aromatic heterocycles. The van der Waals surface area contributed by atoms with E-state index in [1.807, 2.05) is 0 Å². The highest BCUT2D eigenvalue weighted by molar-refractivity contribution is 6.32. The van der Waals surface area contributed by atoms with E-state index < -0.39 is 0 Å². The molecule has 2 amide bonds. The maximum atomic E-state index is 11.8. The molecule has 6 nitrogen and oxygen atoms in total. The Hall–Kier alpha value is -2.18. The summed E-state index contributed by atoms with van der Waals surface area (Å²) in [6.07, 6.45) is 4.85. The van der Waals surface area contributed by atoms with Gasteiger partial charge in [0, 0.05) is 25.2 Å². The number of nitrogens with zero attached hydrogens (tertiary/aromatic N) is 2. The predicted molar refractivity (Wildman–Crippen MR) is 94.2 cm³/mol. The van der Waals surface area contributed by atoms with Crippen LogP contribution in [0.4, 0.5) is 11.4 Å². The molecule has 0 aliphatic rings. The van der Waals surface area contributed by atoms with Gasteiger partial charge in [-0.15, -0.1) is 0 Å². The first-order valence-electron chi connectivity index (χ1n) is 7.37. The van der Waals surface area contributed by atoms with E-state index in [1.165, 1.54) is 0 Å². The van der Waals surface area contributed by atoms with Crippen LogP contribution in [0, 0.1) is 0 Å². The Labute approximate surface area is 149 Å². The maximum absolute atomic E-state index is 11.8. The summed E-state index contributed by atoms with van der Waals surface area (Å²) < 4.78 is 0. The zero-order valence-electron chi connectivity index (χ0n) is 12.8. The normalized spacial score (nSPS) is 10.2. The molecule has 0 saturated carbocycles. The van der Waals surface area contributed by atoms with Crippen LogP contribution in [0.5, 0.6) is 0 Å². The number of anilines is 2. The van der Waals surface area contributed by atoms with Crippen molar-refractivity contribution in [1.82, 2.24) is 9.97 Å². The smallest absolute Gasteiger partial charge is 0.224 e. The molecule has 0 spiro atoms. The van der Waals surface area contributed by atoms with Gasteiger partial charge in [0.05, 0.1) is 11.4 Å². The molecule has 0 atom stereocenters. The minimum Gasteiger partial charge on any atom is -0.323 e. The summed E-state index contributed by atoms with van der Waals surface area (Å²) in [6.45, 7) is 0. The quantitative estimate of drug-likeness (QED) is 0.574. The molecule has 0 saturated heterocycles. The van der Waals surface area contributed by atoms with Crippen molar-refractivity contribution in [1.29, 1.82) is 0 Å². The lowest BCUT2D eigenvalue weighted by molar-refractivity contribution is -0.118. The van der Waals surface area contributed by atoms with Gasteiger partial charge in [-0.25, -0.2) is 9.97 Å². The van der Waals surface area contributed by atoms with Gasteiger partial charge in [0.1, 0.15) is 0 Å². The number of halogens is 2. The van der Waals surface area contributed by atoms with Gasteiger partial charge in [-0.05, 0) is 37.1 Å². The molecule has 2 rings (SSSR count). The van der Waals surface area contributed by atoms with Crippen LogP contribution in [0.15, 0.2) is 36.7 Å². The second kappa shape index (κ2) is 9.20. The molecule has 24 heavy (non-hydrogen) atoms. The Balaban J connectivity index is 1.67. The fourth-order valence-electron chi connectivity index (χ4n) is 1.96. The number of rotatable bonds is 7. The highest BCUT2D eigenvalue weighted by Crippen LogP contribution is 2.19. The van der Waals surface area contributed by atoms with Crippen LogP contribution >= 0.6 is 23.2 Å². The average Bonchev–Trinajstić information content (AvgIpc) is 2.56. The number of pyridine rings is 2. The molecule has 2 aromatic rings. The van der Waals surface area contributed by atoms with E-state index in [0.29, 0.717) is 37.1 Å². The van der Waals surface area contributed by atoms with E-state index >= 15 is 0 Å². The van der Waals surface area contributed by atoms with E-state index in [2.05, 4.69) is 20.6 Å². The van der Waals surface area contributed by atoms with E-state index in [-0.39, 0.29) is 22.1 Å². The summed E-state index contributed by atoms with van der Waals surface area (Å²) >= 11 is 11.7. The first-order chi connectivity index (χ1) is 11.6. The fraction of sp³-hybridized carbons (Fsp3) is 0.250. The molecule has 0 radical (unpaired) electrons. The van der Waals surface area contributed by atoms with Crippen LogP contribution in [-0.2, 0) is 9.59 Å². The summed E-state index contributed by atoms with van der Waals surface area (Å²) in [5.41, 5.74) is 0.959. The Morgan fingerprint density at radius 2 is 1.25 bits per heavy atom. The summed E-state index contributed by atoms with van der Waals surface area (Å²) in [6, 6.07) is 6.74. The number of carbonyl (C=O) groups is 2. The van der Waals surface area contributed by atoms with Crippen molar-refractivity contribution in [3.8, 4) is 0 Å². The molecule has 0 bridgehead atoms. The molecular formula is C16H16Cl2N4O2. The molecule has 0 aliphatic carbocycles. The minimum atomic E-state index is -0.166. The van der Waals surface area contributed by atoms with Gasteiger partial charge in [-0.2, -0.15) is 0 Å². The summed E-state index contributed by atoms with van der Waals surface area (Å²) in [4.78, 5) is 31.4. The fourth-order valence-corrected chi connectivity index (χ4v) is 2.29. The summed E-state index contributed by atoms with van der Waals surface area (Å²) in [7, 11) is 0. The SMILES string of the molecule is O=C(CCCCC(=O)Nc1cccnc1Cl)Nc1cccnc1Cl. The van der Waals surface area contributed by atoms with Crippen molar-refractivity contribution >= 4 is 46.4 Å². The molecule has 0 aromatic carbocycles. The minimum absolute atomic E-state index is 0.166. The van der Waals surface area contributed by atoms with Crippen LogP contribution in [-0.4, -0.2) is 21.8 Å². The monoisotopic (exact) mass is 366 g/mol. The van der Waals surface area contributed by atoms with Crippen LogP contribution < -0.4 is 10.6 Å². The Morgan fingerprint density at radius 1 is 0.833 bits per heavy atom. The van der Waals surface area contributed by atoms with Gasteiger partial charge in [0.15, 0.2) is 10.3 Å². The lowest BCUT2D eigenvalue weighted by atomic mass is 10.1. The number of nitrogens with one attached hydrogen (secondary N) is 2. The predicted octanol–water partition coefficient (Wildman–Crippen LogP) is 3.92. The van der Waals surface area contributed by atoms with E-state index in [4.69, 9.17) is 23.2 Å². The summed E-state index contributed by atoms with van der Waals surface area (Å²) in [5, 5.41) is 5.87. The standard InChI is InChI=1S/C16H16Cl2N4O2/c17-15-11(5-3-9-19-15)21-13(23)7-1-2-8-14(24)22-12-6-4-10-20-16(12)18/h3-6,9-10H,1-2,7-8H2,(H,21,23)(H,22,24). The van der Waals surface area contributed by atoms with Gasteiger partial charge in [-0.3, -0.25) is 9.59 Å². The Bertz CT molecular complexity index is 663. The zero-order valence-corrected chi connectivity index (χ0v) is 14.3. The first kappa shape index (κ1) is 18.2. The third kappa shape index (κ3) is 5.79. The maximum Gasteiger partial charge on any atom is 0.224 e. The Morgan fingerprint density at radius 3 is 1.62 bits per heavy atom. The summed E-state index contributed by atoms with van der Waals surface area (Å²) in [5.74, 6) is -0.332. The molecular weight excluding hydrogens is 351 g/mol. The lowest BCUT2D eigenvalue weighted by Crippen LogP contribution is -2.14. The van der Waals surface area contributed by atoms with Gasteiger partial charge in [0.2, 0.25) is 11.8 Å².